The van der Waals surface area contributed by atoms with Gasteiger partial charge in [-0.15, -0.1) is 24.0 Å². The topological polar surface area (TPSA) is 49.3 Å². The van der Waals surface area contributed by atoms with Crippen LogP contribution in [0, 0.1) is 5.41 Å². The van der Waals surface area contributed by atoms with E-state index in [1.807, 2.05) is 36.4 Å². The number of hydrogen-bond acceptors (Lipinski definition) is 2. The summed E-state index contributed by atoms with van der Waals surface area (Å²) in [6, 6.07) is 13.9. The van der Waals surface area contributed by atoms with Crippen LogP contribution in [0.3, 0.4) is 0 Å². The van der Waals surface area contributed by atoms with E-state index < -0.39 is 0 Å². The molecule has 2 rings (SSSR count). The SMILES string of the molecule is CN=C(NCc1ccccn1)NCC(C)(C)Cc1cccc(Cl)c1.I. The zero-order chi connectivity index (χ0) is 17.4. The average Bonchev–Trinajstić information content (AvgIpc) is 2.55. The Morgan fingerprint density at radius 2 is 1.96 bits per heavy atom. The average molecular weight is 473 g/mol. The smallest absolute Gasteiger partial charge is 0.191 e. The first-order valence-corrected chi connectivity index (χ1v) is 8.45. The summed E-state index contributed by atoms with van der Waals surface area (Å²) in [5.74, 6) is 0.778. The van der Waals surface area contributed by atoms with E-state index in [1.54, 1.807) is 13.2 Å². The third-order valence-corrected chi connectivity index (χ3v) is 3.93. The van der Waals surface area contributed by atoms with Crippen molar-refractivity contribution in [3.05, 3.63) is 64.9 Å². The van der Waals surface area contributed by atoms with Gasteiger partial charge in [0.25, 0.3) is 0 Å². The molecule has 0 aliphatic heterocycles. The maximum atomic E-state index is 6.07. The first-order chi connectivity index (χ1) is 11.5. The normalized spacial score (nSPS) is 11.6. The number of benzene rings is 1. The van der Waals surface area contributed by atoms with Crippen molar-refractivity contribution in [2.75, 3.05) is 13.6 Å². The minimum absolute atomic E-state index is 0. The lowest BCUT2D eigenvalue weighted by molar-refractivity contribution is 0.359. The van der Waals surface area contributed by atoms with Crippen LogP contribution in [0.2, 0.25) is 5.02 Å². The Hall–Kier alpha value is -1.34. The molecule has 25 heavy (non-hydrogen) atoms. The summed E-state index contributed by atoms with van der Waals surface area (Å²) in [7, 11) is 1.78. The van der Waals surface area contributed by atoms with Gasteiger partial charge in [-0.05, 0) is 41.7 Å². The Balaban J connectivity index is 0.00000312. The maximum Gasteiger partial charge on any atom is 0.191 e. The Kier molecular flexibility index (Phi) is 9.21. The van der Waals surface area contributed by atoms with Gasteiger partial charge in [-0.1, -0.05) is 43.6 Å². The van der Waals surface area contributed by atoms with Gasteiger partial charge in [0.2, 0.25) is 0 Å². The third kappa shape index (κ3) is 8.05. The molecule has 0 atom stereocenters. The summed E-state index contributed by atoms with van der Waals surface area (Å²) >= 11 is 6.07. The Labute approximate surface area is 172 Å². The van der Waals surface area contributed by atoms with Gasteiger partial charge in [-0.3, -0.25) is 9.98 Å². The maximum absolute atomic E-state index is 6.07. The van der Waals surface area contributed by atoms with Gasteiger partial charge in [0, 0.05) is 24.8 Å². The molecule has 0 aliphatic rings. The summed E-state index contributed by atoms with van der Waals surface area (Å²) in [6.07, 6.45) is 2.74. The van der Waals surface area contributed by atoms with Crippen LogP contribution in [0.5, 0.6) is 0 Å². The van der Waals surface area contributed by atoms with Crippen LogP contribution in [0.1, 0.15) is 25.1 Å². The monoisotopic (exact) mass is 472 g/mol. The molecule has 1 aromatic carbocycles. The molecule has 0 saturated heterocycles. The van der Waals surface area contributed by atoms with Gasteiger partial charge in [0.05, 0.1) is 12.2 Å². The molecule has 136 valence electrons. The van der Waals surface area contributed by atoms with Crippen LogP contribution in [-0.2, 0) is 13.0 Å². The van der Waals surface area contributed by atoms with Gasteiger partial charge in [-0.25, -0.2) is 0 Å². The van der Waals surface area contributed by atoms with E-state index in [4.69, 9.17) is 11.6 Å². The molecule has 0 spiro atoms. The van der Waals surface area contributed by atoms with Crippen molar-refractivity contribution in [1.29, 1.82) is 0 Å². The van der Waals surface area contributed by atoms with Crippen molar-refractivity contribution >= 4 is 41.5 Å². The van der Waals surface area contributed by atoms with E-state index in [0.717, 1.165) is 29.6 Å². The fraction of sp³-hybridized carbons (Fsp3) is 0.368. The molecule has 0 amide bonds. The number of pyridine rings is 1. The molecule has 0 radical (unpaired) electrons. The molecule has 0 bridgehead atoms. The number of aliphatic imine (C=N–C) groups is 1. The highest BCUT2D eigenvalue weighted by molar-refractivity contribution is 14.0. The minimum Gasteiger partial charge on any atom is -0.356 e. The number of guanidine groups is 1. The first-order valence-electron chi connectivity index (χ1n) is 8.07. The standard InChI is InChI=1S/C19H25ClN4.HI/c1-19(2,12-15-7-6-8-16(20)11-15)14-24-18(21-3)23-13-17-9-4-5-10-22-17;/h4-11H,12-14H2,1-3H3,(H2,21,23,24);1H. The third-order valence-electron chi connectivity index (χ3n) is 3.69. The molecule has 6 heteroatoms. The predicted molar refractivity (Wildman–Crippen MR) is 117 cm³/mol. The van der Waals surface area contributed by atoms with Crippen molar-refractivity contribution in [2.24, 2.45) is 10.4 Å². The quantitative estimate of drug-likeness (QED) is 0.375. The second-order valence-electron chi connectivity index (χ2n) is 6.57. The van der Waals surface area contributed by atoms with E-state index in [-0.39, 0.29) is 29.4 Å². The van der Waals surface area contributed by atoms with Crippen LogP contribution in [0.25, 0.3) is 0 Å². The Morgan fingerprint density at radius 3 is 2.60 bits per heavy atom. The van der Waals surface area contributed by atoms with Crippen LogP contribution in [-0.4, -0.2) is 24.5 Å². The molecule has 0 unspecified atom stereocenters. The number of nitrogens with one attached hydrogen (secondary N) is 2. The highest BCUT2D eigenvalue weighted by atomic mass is 127. The highest BCUT2D eigenvalue weighted by Gasteiger charge is 2.19. The Bertz CT molecular complexity index is 674. The minimum atomic E-state index is 0. The van der Waals surface area contributed by atoms with E-state index in [1.165, 1.54) is 5.56 Å². The van der Waals surface area contributed by atoms with Gasteiger partial charge >= 0.3 is 0 Å². The number of aromatic nitrogens is 1. The van der Waals surface area contributed by atoms with Gasteiger partial charge in [0.15, 0.2) is 5.96 Å². The number of halogens is 2. The molecular formula is C19H26ClIN4. The molecule has 0 saturated carbocycles. The van der Waals surface area contributed by atoms with Crippen LogP contribution >= 0.6 is 35.6 Å². The van der Waals surface area contributed by atoms with E-state index >= 15 is 0 Å². The van der Waals surface area contributed by atoms with E-state index in [0.29, 0.717) is 6.54 Å². The Morgan fingerprint density at radius 1 is 1.16 bits per heavy atom. The summed E-state index contributed by atoms with van der Waals surface area (Å²) < 4.78 is 0. The van der Waals surface area contributed by atoms with Crippen molar-refractivity contribution in [3.63, 3.8) is 0 Å². The predicted octanol–water partition coefficient (Wildman–Crippen LogP) is 4.29. The highest BCUT2D eigenvalue weighted by Crippen LogP contribution is 2.22. The lowest BCUT2D eigenvalue weighted by Crippen LogP contribution is -2.42. The number of nitrogens with zero attached hydrogens (tertiary/aromatic N) is 2. The second-order valence-corrected chi connectivity index (χ2v) is 7.01. The van der Waals surface area contributed by atoms with Crippen molar-refractivity contribution in [1.82, 2.24) is 15.6 Å². The molecule has 0 fully saturated rings. The summed E-state index contributed by atoms with van der Waals surface area (Å²) in [5.41, 5.74) is 2.30. The first kappa shape index (κ1) is 21.7. The summed E-state index contributed by atoms with van der Waals surface area (Å²) in [6.45, 7) is 5.91. The van der Waals surface area contributed by atoms with Gasteiger partial charge in [-0.2, -0.15) is 0 Å². The second kappa shape index (κ2) is 10.6. The van der Waals surface area contributed by atoms with Crippen molar-refractivity contribution < 1.29 is 0 Å². The lowest BCUT2D eigenvalue weighted by Gasteiger charge is -2.26. The molecular weight excluding hydrogens is 447 g/mol. The molecule has 4 nitrogen and oxygen atoms in total. The van der Waals surface area contributed by atoms with E-state index in [2.05, 4.69) is 40.5 Å². The van der Waals surface area contributed by atoms with Crippen LogP contribution in [0.15, 0.2) is 53.7 Å². The molecule has 2 aromatic rings. The summed E-state index contributed by atoms with van der Waals surface area (Å²) in [4.78, 5) is 8.57. The number of rotatable bonds is 6. The van der Waals surface area contributed by atoms with Crippen LogP contribution in [0.4, 0.5) is 0 Å². The molecule has 0 aliphatic carbocycles. The van der Waals surface area contributed by atoms with Crippen molar-refractivity contribution in [3.8, 4) is 0 Å². The lowest BCUT2D eigenvalue weighted by atomic mass is 9.86. The number of hydrogen-bond donors (Lipinski definition) is 2. The summed E-state index contributed by atoms with van der Waals surface area (Å²) in [5, 5.41) is 7.46. The largest absolute Gasteiger partial charge is 0.356 e. The van der Waals surface area contributed by atoms with Crippen LogP contribution < -0.4 is 10.6 Å². The zero-order valence-corrected chi connectivity index (χ0v) is 18.0. The zero-order valence-electron chi connectivity index (χ0n) is 14.9. The molecule has 1 aromatic heterocycles. The van der Waals surface area contributed by atoms with Gasteiger partial charge in [0.1, 0.15) is 0 Å². The fourth-order valence-electron chi connectivity index (χ4n) is 2.48. The fourth-order valence-corrected chi connectivity index (χ4v) is 2.70. The van der Waals surface area contributed by atoms with Gasteiger partial charge < -0.3 is 10.6 Å². The molecule has 1 heterocycles. The van der Waals surface area contributed by atoms with E-state index in [9.17, 15) is 0 Å². The molecule has 2 N–H and O–H groups in total. The van der Waals surface area contributed by atoms with Crippen molar-refractivity contribution in [2.45, 2.75) is 26.8 Å².